The summed E-state index contributed by atoms with van der Waals surface area (Å²) in [6.45, 7) is 4.92. The van der Waals surface area contributed by atoms with Gasteiger partial charge in [0.2, 0.25) is 5.91 Å². The third kappa shape index (κ3) is 3.58. The molecular formula is C18H21ClN2O2. The molecule has 5 heteroatoms. The lowest BCUT2D eigenvalue weighted by atomic mass is 10.1. The maximum atomic E-state index is 12.7. The molecule has 1 saturated heterocycles. The molecule has 1 aliphatic rings. The maximum Gasteiger partial charge on any atom is 0.227 e. The van der Waals surface area contributed by atoms with Crippen molar-refractivity contribution < 1.29 is 9.32 Å². The molecule has 2 aromatic rings. The highest BCUT2D eigenvalue weighted by Crippen LogP contribution is 2.33. The van der Waals surface area contributed by atoms with E-state index >= 15 is 0 Å². The number of aromatic nitrogens is 1. The summed E-state index contributed by atoms with van der Waals surface area (Å²) >= 11 is 5.89. The van der Waals surface area contributed by atoms with Crippen molar-refractivity contribution in [1.29, 1.82) is 0 Å². The number of halogens is 1. The molecule has 4 nitrogen and oxygen atoms in total. The predicted octanol–water partition coefficient (Wildman–Crippen LogP) is 4.36. The zero-order valence-electron chi connectivity index (χ0n) is 13.5. The van der Waals surface area contributed by atoms with Gasteiger partial charge < -0.3 is 9.42 Å². The van der Waals surface area contributed by atoms with Gasteiger partial charge in [0.1, 0.15) is 11.5 Å². The van der Waals surface area contributed by atoms with Crippen LogP contribution in [0.3, 0.4) is 0 Å². The Hall–Kier alpha value is -1.81. The van der Waals surface area contributed by atoms with E-state index < -0.39 is 0 Å². The van der Waals surface area contributed by atoms with E-state index in [0.29, 0.717) is 17.4 Å². The average Bonchev–Trinajstić information content (AvgIpc) is 3.17. The minimum absolute atomic E-state index is 0.0334. The second-order valence-electron chi connectivity index (χ2n) is 6.36. The van der Waals surface area contributed by atoms with Crippen molar-refractivity contribution >= 4 is 17.5 Å². The molecule has 3 rings (SSSR count). The van der Waals surface area contributed by atoms with Gasteiger partial charge in [0.05, 0.1) is 12.5 Å². The first kappa shape index (κ1) is 16.1. The van der Waals surface area contributed by atoms with Crippen LogP contribution in [0.25, 0.3) is 0 Å². The largest absolute Gasteiger partial charge is 0.361 e. The van der Waals surface area contributed by atoms with Gasteiger partial charge in [-0.25, -0.2) is 0 Å². The lowest BCUT2D eigenvalue weighted by Gasteiger charge is -2.23. The summed E-state index contributed by atoms with van der Waals surface area (Å²) in [5.41, 5.74) is 1.85. The SMILES string of the molecule is CC(C)c1cc(C2CCCN2C(=O)Cc2ccc(Cl)cc2)no1. The van der Waals surface area contributed by atoms with Crippen molar-refractivity contribution in [2.24, 2.45) is 0 Å². The molecule has 2 heterocycles. The molecule has 0 radical (unpaired) electrons. The summed E-state index contributed by atoms with van der Waals surface area (Å²) in [7, 11) is 0. The fourth-order valence-corrected chi connectivity index (χ4v) is 3.11. The third-order valence-corrected chi connectivity index (χ3v) is 4.55. The van der Waals surface area contributed by atoms with Gasteiger partial charge in [-0.2, -0.15) is 0 Å². The van der Waals surface area contributed by atoms with Crippen molar-refractivity contribution in [2.75, 3.05) is 6.54 Å². The Bertz CT molecular complexity index is 679. The molecule has 0 saturated carbocycles. The third-order valence-electron chi connectivity index (χ3n) is 4.30. The van der Waals surface area contributed by atoms with E-state index in [4.69, 9.17) is 16.1 Å². The van der Waals surface area contributed by atoms with Gasteiger partial charge in [0.15, 0.2) is 0 Å². The van der Waals surface area contributed by atoms with E-state index in [9.17, 15) is 4.79 Å². The first-order valence-corrected chi connectivity index (χ1v) is 8.43. The lowest BCUT2D eigenvalue weighted by molar-refractivity contribution is -0.131. The van der Waals surface area contributed by atoms with Crippen LogP contribution in [0.4, 0.5) is 0 Å². The maximum absolute atomic E-state index is 12.7. The predicted molar refractivity (Wildman–Crippen MR) is 89.4 cm³/mol. The van der Waals surface area contributed by atoms with Crippen LogP contribution >= 0.6 is 11.6 Å². The molecule has 1 aromatic carbocycles. The number of carbonyl (C=O) groups excluding carboxylic acids is 1. The Labute approximate surface area is 141 Å². The molecule has 0 N–H and O–H groups in total. The Kier molecular flexibility index (Phi) is 4.71. The number of benzene rings is 1. The molecule has 0 aliphatic carbocycles. The number of hydrogen-bond donors (Lipinski definition) is 0. The normalized spacial score (nSPS) is 17.9. The van der Waals surface area contributed by atoms with Gasteiger partial charge in [-0.05, 0) is 30.5 Å². The highest BCUT2D eigenvalue weighted by molar-refractivity contribution is 6.30. The summed E-state index contributed by atoms with van der Waals surface area (Å²) in [4.78, 5) is 14.6. The molecule has 122 valence electrons. The summed E-state index contributed by atoms with van der Waals surface area (Å²) in [5.74, 6) is 1.30. The second-order valence-corrected chi connectivity index (χ2v) is 6.79. The molecular weight excluding hydrogens is 312 g/mol. The molecule has 0 bridgehead atoms. The zero-order chi connectivity index (χ0) is 16.4. The molecule has 1 fully saturated rings. The quantitative estimate of drug-likeness (QED) is 0.835. The standard InChI is InChI=1S/C18H21ClN2O2/c1-12(2)17-11-15(20-23-17)16-4-3-9-21(16)18(22)10-13-5-7-14(19)8-6-13/h5-8,11-12,16H,3-4,9-10H2,1-2H3. The van der Waals surface area contributed by atoms with Crippen molar-refractivity contribution in [3.05, 3.63) is 52.4 Å². The van der Waals surface area contributed by atoms with E-state index in [1.54, 1.807) is 0 Å². The van der Waals surface area contributed by atoms with Crippen LogP contribution in [-0.4, -0.2) is 22.5 Å². The van der Waals surface area contributed by atoms with E-state index in [2.05, 4.69) is 19.0 Å². The highest BCUT2D eigenvalue weighted by atomic mass is 35.5. The van der Waals surface area contributed by atoms with Gasteiger partial charge in [-0.3, -0.25) is 4.79 Å². The van der Waals surface area contributed by atoms with Crippen molar-refractivity contribution in [3.8, 4) is 0 Å². The van der Waals surface area contributed by atoms with Gasteiger partial charge in [0, 0.05) is 23.6 Å². The Morgan fingerprint density at radius 3 is 2.78 bits per heavy atom. The van der Waals surface area contributed by atoms with Crippen LogP contribution in [0.5, 0.6) is 0 Å². The summed E-state index contributed by atoms with van der Waals surface area (Å²) in [6, 6.07) is 9.46. The molecule has 1 unspecified atom stereocenters. The van der Waals surface area contributed by atoms with Crippen molar-refractivity contribution in [1.82, 2.24) is 10.1 Å². The Balaban J connectivity index is 1.72. The lowest BCUT2D eigenvalue weighted by Crippen LogP contribution is -2.32. The van der Waals surface area contributed by atoms with Gasteiger partial charge in [-0.15, -0.1) is 0 Å². The zero-order valence-corrected chi connectivity index (χ0v) is 14.2. The van der Waals surface area contributed by atoms with Crippen LogP contribution in [0.15, 0.2) is 34.9 Å². The number of hydrogen-bond acceptors (Lipinski definition) is 3. The monoisotopic (exact) mass is 332 g/mol. The molecule has 23 heavy (non-hydrogen) atoms. The number of amides is 1. The minimum atomic E-state index is 0.0334. The number of carbonyl (C=O) groups is 1. The van der Waals surface area contributed by atoms with Crippen LogP contribution < -0.4 is 0 Å². The molecule has 0 spiro atoms. The Morgan fingerprint density at radius 2 is 2.13 bits per heavy atom. The average molecular weight is 333 g/mol. The van der Waals surface area contributed by atoms with Crippen LogP contribution in [0.1, 0.15) is 55.7 Å². The van der Waals surface area contributed by atoms with Crippen molar-refractivity contribution in [2.45, 2.75) is 45.1 Å². The fourth-order valence-electron chi connectivity index (χ4n) is 2.98. The van der Waals surface area contributed by atoms with E-state index in [0.717, 1.165) is 36.4 Å². The van der Waals surface area contributed by atoms with Crippen LogP contribution in [-0.2, 0) is 11.2 Å². The van der Waals surface area contributed by atoms with E-state index in [1.807, 2.05) is 35.2 Å². The highest BCUT2D eigenvalue weighted by Gasteiger charge is 2.32. The van der Waals surface area contributed by atoms with E-state index in [1.165, 1.54) is 0 Å². The van der Waals surface area contributed by atoms with Gasteiger partial charge in [0.25, 0.3) is 0 Å². The topological polar surface area (TPSA) is 46.3 Å². The minimum Gasteiger partial charge on any atom is -0.361 e. The molecule has 1 amide bonds. The first-order chi connectivity index (χ1) is 11.0. The van der Waals surface area contributed by atoms with Crippen LogP contribution in [0.2, 0.25) is 5.02 Å². The van der Waals surface area contributed by atoms with Gasteiger partial charge >= 0.3 is 0 Å². The van der Waals surface area contributed by atoms with E-state index in [-0.39, 0.29) is 11.9 Å². The summed E-state index contributed by atoms with van der Waals surface area (Å²) < 4.78 is 5.40. The van der Waals surface area contributed by atoms with Crippen LogP contribution in [0, 0.1) is 0 Å². The first-order valence-electron chi connectivity index (χ1n) is 8.05. The molecule has 1 aromatic heterocycles. The van der Waals surface area contributed by atoms with Crippen molar-refractivity contribution in [3.63, 3.8) is 0 Å². The number of likely N-dealkylation sites (tertiary alicyclic amines) is 1. The summed E-state index contributed by atoms with van der Waals surface area (Å²) in [6.07, 6.45) is 2.33. The molecule has 1 aliphatic heterocycles. The number of nitrogens with zero attached hydrogens (tertiary/aromatic N) is 2. The van der Waals surface area contributed by atoms with Gasteiger partial charge in [-0.1, -0.05) is 42.7 Å². The smallest absolute Gasteiger partial charge is 0.227 e. The Morgan fingerprint density at radius 1 is 1.39 bits per heavy atom. The number of rotatable bonds is 4. The summed E-state index contributed by atoms with van der Waals surface area (Å²) in [5, 5.41) is 4.87. The second kappa shape index (κ2) is 6.75. The molecule has 1 atom stereocenters. The fraction of sp³-hybridized carbons (Fsp3) is 0.444.